The van der Waals surface area contributed by atoms with Crippen molar-refractivity contribution in [3.05, 3.63) is 48.0 Å². The van der Waals surface area contributed by atoms with Crippen LogP contribution < -0.4 is 10.2 Å². The topological polar surface area (TPSA) is 65.8 Å². The van der Waals surface area contributed by atoms with E-state index in [1.807, 2.05) is 17.3 Å². The van der Waals surface area contributed by atoms with E-state index in [-0.39, 0.29) is 24.0 Å². The van der Waals surface area contributed by atoms with Gasteiger partial charge in [-0.15, -0.1) is 24.0 Å². The Bertz CT molecular complexity index is 956. The van der Waals surface area contributed by atoms with E-state index >= 15 is 0 Å². The lowest BCUT2D eigenvalue weighted by Crippen LogP contribution is -2.41. The molecule has 0 aliphatic carbocycles. The van der Waals surface area contributed by atoms with Gasteiger partial charge in [0.2, 0.25) is 5.91 Å². The van der Waals surface area contributed by atoms with Gasteiger partial charge in [-0.05, 0) is 37.3 Å². The SMILES string of the molecule is CCNC(=NCc1nccn1CC(C)C)N1CC(CCN2CCCC2=O)c2ccccc21.I. The number of benzene rings is 1. The number of aromatic nitrogens is 2. The number of anilines is 1. The Morgan fingerprint density at radius 3 is 2.85 bits per heavy atom. The normalized spacial score (nSPS) is 18.1. The van der Waals surface area contributed by atoms with Gasteiger partial charge in [-0.25, -0.2) is 9.98 Å². The molecule has 1 aromatic heterocycles. The standard InChI is InChI=1S/C25H36N6O.HI/c1-4-26-25(28-16-23-27-12-15-30(23)17-19(2)3)31-18-20(21-8-5-6-9-22(21)31)11-14-29-13-7-10-24(29)32;/h5-6,8-9,12,15,19-20H,4,7,10-11,13-14,16-18H2,1-3H3,(H,26,28);1H. The van der Waals surface area contributed by atoms with Gasteiger partial charge in [-0.3, -0.25) is 4.79 Å². The van der Waals surface area contributed by atoms with Crippen LogP contribution in [0.3, 0.4) is 0 Å². The molecule has 1 amide bonds. The molecule has 1 saturated heterocycles. The third-order valence-corrected chi connectivity index (χ3v) is 6.31. The van der Waals surface area contributed by atoms with Crippen LogP contribution in [-0.4, -0.2) is 52.5 Å². The molecule has 1 N–H and O–H groups in total. The number of imidazole rings is 1. The number of guanidine groups is 1. The van der Waals surface area contributed by atoms with Gasteiger partial charge < -0.3 is 19.7 Å². The maximum Gasteiger partial charge on any atom is 0.222 e. The first-order valence-electron chi connectivity index (χ1n) is 12.0. The molecule has 0 radical (unpaired) electrons. The summed E-state index contributed by atoms with van der Waals surface area (Å²) in [6, 6.07) is 8.62. The van der Waals surface area contributed by atoms with Crippen molar-refractivity contribution in [2.75, 3.05) is 31.1 Å². The lowest BCUT2D eigenvalue weighted by Gasteiger charge is -2.23. The third kappa shape index (κ3) is 6.07. The molecule has 180 valence electrons. The number of amides is 1. The zero-order chi connectivity index (χ0) is 22.5. The zero-order valence-electron chi connectivity index (χ0n) is 20.0. The first-order chi connectivity index (χ1) is 15.6. The van der Waals surface area contributed by atoms with Crippen LogP contribution in [0, 0.1) is 5.92 Å². The second-order valence-corrected chi connectivity index (χ2v) is 9.20. The second-order valence-electron chi connectivity index (χ2n) is 9.20. The van der Waals surface area contributed by atoms with E-state index in [1.165, 1.54) is 11.3 Å². The summed E-state index contributed by atoms with van der Waals surface area (Å²) in [6.07, 6.45) is 6.59. The summed E-state index contributed by atoms with van der Waals surface area (Å²) in [5, 5.41) is 3.49. The van der Waals surface area contributed by atoms with Crippen molar-refractivity contribution in [2.45, 2.75) is 59.0 Å². The van der Waals surface area contributed by atoms with E-state index in [0.717, 1.165) is 57.3 Å². The molecule has 0 spiro atoms. The molecular formula is C25H37IN6O. The van der Waals surface area contributed by atoms with Gasteiger partial charge in [0, 0.05) is 63.1 Å². The monoisotopic (exact) mass is 564 g/mol. The smallest absolute Gasteiger partial charge is 0.222 e. The molecule has 33 heavy (non-hydrogen) atoms. The molecule has 2 aliphatic rings. The van der Waals surface area contributed by atoms with Crippen LogP contribution in [0.4, 0.5) is 5.69 Å². The highest BCUT2D eigenvalue weighted by Gasteiger charge is 2.32. The molecule has 1 aromatic carbocycles. The number of hydrogen-bond acceptors (Lipinski definition) is 3. The number of likely N-dealkylation sites (tertiary alicyclic amines) is 1. The first-order valence-corrected chi connectivity index (χ1v) is 12.0. The quantitative estimate of drug-likeness (QED) is 0.296. The average molecular weight is 565 g/mol. The summed E-state index contributed by atoms with van der Waals surface area (Å²) in [7, 11) is 0. The van der Waals surface area contributed by atoms with E-state index in [0.29, 0.717) is 30.7 Å². The van der Waals surface area contributed by atoms with Crippen molar-refractivity contribution in [2.24, 2.45) is 10.9 Å². The van der Waals surface area contributed by atoms with E-state index in [4.69, 9.17) is 4.99 Å². The Hall–Kier alpha value is -2.10. The highest BCUT2D eigenvalue weighted by atomic mass is 127. The predicted octanol–water partition coefficient (Wildman–Crippen LogP) is 4.24. The van der Waals surface area contributed by atoms with Crippen molar-refractivity contribution in [3.8, 4) is 0 Å². The Kier molecular flexibility index (Phi) is 9.17. The fourth-order valence-corrected chi connectivity index (χ4v) is 4.79. The van der Waals surface area contributed by atoms with Crippen molar-refractivity contribution < 1.29 is 4.79 Å². The van der Waals surface area contributed by atoms with Gasteiger partial charge in [0.05, 0.1) is 0 Å². The molecule has 1 atom stereocenters. The number of carbonyl (C=O) groups excluding carboxylic acids is 1. The average Bonchev–Trinajstić information content (AvgIpc) is 3.48. The molecule has 1 unspecified atom stereocenters. The third-order valence-electron chi connectivity index (χ3n) is 6.31. The van der Waals surface area contributed by atoms with Crippen LogP contribution in [-0.2, 0) is 17.9 Å². The minimum absolute atomic E-state index is 0. The lowest BCUT2D eigenvalue weighted by molar-refractivity contribution is -0.127. The van der Waals surface area contributed by atoms with Gasteiger partial charge in [0.25, 0.3) is 0 Å². The van der Waals surface area contributed by atoms with Crippen LogP contribution in [0.5, 0.6) is 0 Å². The van der Waals surface area contributed by atoms with Gasteiger partial charge in [-0.2, -0.15) is 0 Å². The van der Waals surface area contributed by atoms with Gasteiger partial charge in [0.1, 0.15) is 12.4 Å². The summed E-state index contributed by atoms with van der Waals surface area (Å²) in [5.41, 5.74) is 2.57. The van der Waals surface area contributed by atoms with Crippen molar-refractivity contribution >= 4 is 41.5 Å². The molecular weight excluding hydrogens is 527 g/mol. The van der Waals surface area contributed by atoms with Crippen LogP contribution in [0.2, 0.25) is 0 Å². The van der Waals surface area contributed by atoms with Crippen molar-refractivity contribution in [3.63, 3.8) is 0 Å². The number of nitrogens with zero attached hydrogens (tertiary/aromatic N) is 5. The molecule has 3 heterocycles. The van der Waals surface area contributed by atoms with Crippen molar-refractivity contribution in [1.29, 1.82) is 0 Å². The minimum Gasteiger partial charge on any atom is -0.356 e. The number of hydrogen-bond donors (Lipinski definition) is 1. The van der Waals surface area contributed by atoms with Crippen LogP contribution in [0.25, 0.3) is 0 Å². The van der Waals surface area contributed by atoms with Crippen molar-refractivity contribution in [1.82, 2.24) is 19.8 Å². The molecule has 2 aromatic rings. The van der Waals surface area contributed by atoms with E-state index in [1.54, 1.807) is 0 Å². The van der Waals surface area contributed by atoms with E-state index < -0.39 is 0 Å². The predicted molar refractivity (Wildman–Crippen MR) is 144 cm³/mol. The van der Waals surface area contributed by atoms with Gasteiger partial charge in [0.15, 0.2) is 5.96 Å². The summed E-state index contributed by atoms with van der Waals surface area (Å²) in [6.45, 7) is 11.5. The van der Waals surface area contributed by atoms with E-state index in [2.05, 4.69) is 64.8 Å². The number of rotatable bonds is 8. The number of para-hydroxylation sites is 1. The maximum atomic E-state index is 12.1. The first kappa shape index (κ1) is 25.5. The maximum absolute atomic E-state index is 12.1. The molecule has 2 aliphatic heterocycles. The Morgan fingerprint density at radius 2 is 2.12 bits per heavy atom. The van der Waals surface area contributed by atoms with Gasteiger partial charge in [-0.1, -0.05) is 32.0 Å². The molecule has 1 fully saturated rings. The fraction of sp³-hybridized carbons (Fsp3) is 0.560. The fourth-order valence-electron chi connectivity index (χ4n) is 4.79. The van der Waals surface area contributed by atoms with E-state index in [9.17, 15) is 4.79 Å². The Morgan fingerprint density at radius 1 is 1.30 bits per heavy atom. The zero-order valence-corrected chi connectivity index (χ0v) is 22.4. The summed E-state index contributed by atoms with van der Waals surface area (Å²) < 4.78 is 2.20. The molecule has 0 saturated carbocycles. The Balaban J connectivity index is 0.00000306. The summed E-state index contributed by atoms with van der Waals surface area (Å²) >= 11 is 0. The minimum atomic E-state index is 0. The highest BCUT2D eigenvalue weighted by Crippen LogP contribution is 2.38. The number of halogens is 1. The lowest BCUT2D eigenvalue weighted by atomic mass is 9.98. The van der Waals surface area contributed by atoms with Gasteiger partial charge >= 0.3 is 0 Å². The van der Waals surface area contributed by atoms with Crippen LogP contribution >= 0.6 is 24.0 Å². The summed E-state index contributed by atoms with van der Waals surface area (Å²) in [5.74, 6) is 3.16. The second kappa shape index (κ2) is 11.9. The number of nitrogens with one attached hydrogen (secondary N) is 1. The largest absolute Gasteiger partial charge is 0.356 e. The molecule has 8 heteroatoms. The van der Waals surface area contributed by atoms with Crippen LogP contribution in [0.1, 0.15) is 57.3 Å². The molecule has 0 bridgehead atoms. The number of aliphatic imine (C=N–C) groups is 1. The highest BCUT2D eigenvalue weighted by molar-refractivity contribution is 14.0. The Labute approximate surface area is 214 Å². The molecule has 4 rings (SSSR count). The summed E-state index contributed by atoms with van der Waals surface area (Å²) in [4.78, 5) is 25.9. The molecule has 7 nitrogen and oxygen atoms in total. The number of fused-ring (bicyclic) bond motifs is 1. The number of carbonyl (C=O) groups is 1. The van der Waals surface area contributed by atoms with Crippen LogP contribution in [0.15, 0.2) is 41.7 Å².